The molecule has 0 aliphatic heterocycles. The number of thiophene rings is 6. The van der Waals surface area contributed by atoms with Crippen LogP contribution in [-0.4, -0.2) is 0 Å². The Morgan fingerprint density at radius 1 is 0.100 bits per heavy atom. The van der Waals surface area contributed by atoms with Crippen molar-refractivity contribution in [3.8, 4) is 0 Å². The van der Waals surface area contributed by atoms with Crippen LogP contribution < -0.4 is 29.4 Å². The van der Waals surface area contributed by atoms with Crippen molar-refractivity contribution >= 4 is 324 Å². The Morgan fingerprint density at radius 2 is 0.340 bits per heavy atom. The van der Waals surface area contributed by atoms with Crippen molar-refractivity contribution in [3.63, 3.8) is 0 Å². The standard InChI is InChI=1S/3C46H30N2S2/c1-4-15-31(16-5-1)47(32-17-6-2-7-18-32)42-30-40-38-24-14-25-41(46(38)50-45(40)37-23-11-10-21-35(37)42)48(33-19-8-3-9-20-33)34-27-28-44-39(29-34)36-22-12-13-26-43(36)49-44;1-4-14-31(15-5-1)47(32-16-6-2-7-17-32)34-25-27-43-40(28-34)46-39-22-11-10-20-36(39)41(30-45(46)50-43)48(33-18-8-3-9-19-33)35-24-26-38-37-21-12-13-23-42(37)49-44(38)29-35;1-4-14-31(15-5-1)47(34-24-26-38-37-21-12-13-23-43(37)49-44(38)28-34)35-25-27-39-41-30-42(36-20-10-11-22-40(36)46(41)50-45(39)29-35)48(32-16-6-2-7-17-32)33-18-8-3-9-19-33/h3*1-30H. The first-order chi connectivity index (χ1) is 74.4. The Balaban J connectivity index is 0.000000108. The highest BCUT2D eigenvalue weighted by molar-refractivity contribution is 7.28. The molecule has 6 nitrogen and oxygen atoms in total. The SMILES string of the molecule is c1ccc(N(c2ccc3c(c2)sc2ccccc23)c2ccc3c(c2)sc2c4ccccc4c(N(c4ccccc4)c4ccccc4)cc32)cc1.c1ccc(N(c2ccccc2)c2cc3c4cccc(N(c5ccccc5)c5ccc6sc7ccccc7c6c5)c4sc3c3ccccc23)cc1.c1ccc(N(c2ccccc2)c2ccc3sc4cc(N(c5ccccc5)c5ccc6c(c5)sc5ccccc56)c5ccccc5c4c3c2)cc1. The van der Waals surface area contributed by atoms with Gasteiger partial charge in [-0.15, -0.1) is 68.0 Å². The minimum atomic E-state index is 1.13. The lowest BCUT2D eigenvalue weighted by atomic mass is 10.00. The summed E-state index contributed by atoms with van der Waals surface area (Å²) in [5.74, 6) is 0. The zero-order chi connectivity index (χ0) is 99.1. The zero-order valence-corrected chi connectivity index (χ0v) is 86.0. The third kappa shape index (κ3) is 16.1. The molecule has 0 aliphatic rings. The van der Waals surface area contributed by atoms with E-state index in [9.17, 15) is 0 Å². The number of hydrogen-bond donors (Lipinski definition) is 0. The molecule has 0 unspecified atom stereocenters. The fourth-order valence-electron chi connectivity index (χ4n) is 22.1. The second-order valence-electron chi connectivity index (χ2n) is 37.6. The van der Waals surface area contributed by atoms with E-state index in [0.29, 0.717) is 0 Å². The van der Waals surface area contributed by atoms with Crippen LogP contribution >= 0.6 is 68.0 Å². The Labute approximate surface area is 891 Å². The molecule has 6 aromatic heterocycles. The maximum absolute atomic E-state index is 2.44. The molecule has 0 aliphatic carbocycles. The molecule has 0 amide bonds. The summed E-state index contributed by atoms with van der Waals surface area (Å²) in [4.78, 5) is 14.4. The predicted octanol–water partition coefficient (Wildman–Crippen LogP) is 43.5. The number of anilines is 18. The minimum absolute atomic E-state index is 1.13. The van der Waals surface area contributed by atoms with Gasteiger partial charge >= 0.3 is 0 Å². The molecule has 150 heavy (non-hydrogen) atoms. The fourth-order valence-corrected chi connectivity index (χ4v) is 29.2. The van der Waals surface area contributed by atoms with Crippen LogP contribution in [-0.2, 0) is 0 Å². The summed E-state index contributed by atoms with van der Waals surface area (Å²) >= 11 is 11.2. The van der Waals surface area contributed by atoms with E-state index in [4.69, 9.17) is 0 Å². The van der Waals surface area contributed by atoms with Gasteiger partial charge in [0.2, 0.25) is 0 Å². The van der Waals surface area contributed by atoms with Crippen LogP contribution in [0.2, 0.25) is 0 Å². The van der Waals surface area contributed by atoms with E-state index in [2.05, 4.69) is 575 Å². The molecule has 6 heterocycles. The maximum atomic E-state index is 2.44. The highest BCUT2D eigenvalue weighted by Crippen LogP contribution is 2.56. The number of para-hydroxylation sites is 9. The summed E-state index contributed by atoms with van der Waals surface area (Å²) < 4.78 is 15.6. The number of hydrogen-bond acceptors (Lipinski definition) is 12. The summed E-state index contributed by atoms with van der Waals surface area (Å²) in [5.41, 5.74) is 20.7. The number of rotatable bonds is 18. The Kier molecular flexibility index (Phi) is 23.1. The third-order valence-corrected chi connectivity index (χ3v) is 35.8. The third-order valence-electron chi connectivity index (χ3n) is 28.8. The van der Waals surface area contributed by atoms with E-state index in [0.717, 1.165) is 79.6 Å². The van der Waals surface area contributed by atoms with Gasteiger partial charge in [-0.05, 0) is 230 Å². The highest BCUT2D eigenvalue weighted by atomic mass is 32.1. The van der Waals surface area contributed by atoms with Gasteiger partial charge in [-0.25, -0.2) is 0 Å². The largest absolute Gasteiger partial charge is 0.310 e. The molecule has 30 aromatic rings. The molecule has 0 saturated heterocycles. The summed E-state index contributed by atoms with van der Waals surface area (Å²) in [7, 11) is 0. The van der Waals surface area contributed by atoms with Gasteiger partial charge in [-0.2, -0.15) is 0 Å². The van der Waals surface area contributed by atoms with E-state index in [-0.39, 0.29) is 0 Å². The van der Waals surface area contributed by atoms with E-state index in [1.54, 1.807) is 0 Å². The van der Waals surface area contributed by atoms with Crippen LogP contribution in [0.15, 0.2) is 546 Å². The second-order valence-corrected chi connectivity index (χ2v) is 44.0. The first kappa shape index (κ1) is 89.8. The molecule has 0 N–H and O–H groups in total. The van der Waals surface area contributed by atoms with Gasteiger partial charge in [0.25, 0.3) is 0 Å². The molecule has 0 radical (unpaired) electrons. The fraction of sp³-hybridized carbons (Fsp3) is 0. The van der Waals surface area contributed by atoms with Crippen molar-refractivity contribution in [2.24, 2.45) is 0 Å². The van der Waals surface area contributed by atoms with Crippen LogP contribution in [0.4, 0.5) is 102 Å². The van der Waals surface area contributed by atoms with Crippen molar-refractivity contribution in [2.75, 3.05) is 29.4 Å². The monoisotopic (exact) mass is 2020 g/mol. The van der Waals surface area contributed by atoms with Crippen molar-refractivity contribution in [1.29, 1.82) is 0 Å². The second kappa shape index (κ2) is 38.5. The molecule has 708 valence electrons. The lowest BCUT2D eigenvalue weighted by molar-refractivity contribution is 1.29. The topological polar surface area (TPSA) is 19.4 Å². The molecule has 0 saturated carbocycles. The maximum Gasteiger partial charge on any atom is 0.0640 e. The Bertz CT molecular complexity index is 10200. The van der Waals surface area contributed by atoms with Gasteiger partial charge in [0, 0.05) is 223 Å². The van der Waals surface area contributed by atoms with Crippen LogP contribution in [0.1, 0.15) is 0 Å². The van der Waals surface area contributed by atoms with Crippen LogP contribution in [0.3, 0.4) is 0 Å². The molecular formula is C138H90N6S6. The van der Waals surface area contributed by atoms with Crippen molar-refractivity contribution in [2.45, 2.75) is 0 Å². The predicted molar refractivity (Wildman–Crippen MR) is 657 cm³/mol. The van der Waals surface area contributed by atoms with Crippen molar-refractivity contribution in [1.82, 2.24) is 0 Å². The van der Waals surface area contributed by atoms with Crippen LogP contribution in [0.25, 0.3) is 153 Å². The van der Waals surface area contributed by atoms with E-state index >= 15 is 0 Å². The average molecular weight is 2020 g/mol. The lowest BCUT2D eigenvalue weighted by Gasteiger charge is -2.27. The normalized spacial score (nSPS) is 11.6. The van der Waals surface area contributed by atoms with Crippen LogP contribution in [0.5, 0.6) is 0 Å². The summed E-state index contributed by atoms with van der Waals surface area (Å²) in [6.45, 7) is 0. The first-order valence-corrected chi connectivity index (χ1v) is 55.4. The van der Waals surface area contributed by atoms with E-state index in [1.807, 2.05) is 68.0 Å². The molecular weight excluding hydrogens is 1930 g/mol. The highest BCUT2D eigenvalue weighted by Gasteiger charge is 2.29. The first-order valence-electron chi connectivity index (χ1n) is 50.6. The summed E-state index contributed by atoms with van der Waals surface area (Å²) in [5, 5.41) is 23.0. The average Bonchev–Trinajstić information content (AvgIpc) is 1.56. The summed E-state index contributed by atoms with van der Waals surface area (Å²) in [6.07, 6.45) is 0. The quantitative estimate of drug-likeness (QED) is 0.0847. The van der Waals surface area contributed by atoms with Gasteiger partial charge in [0.15, 0.2) is 0 Å². The molecule has 0 bridgehead atoms. The van der Waals surface area contributed by atoms with Crippen molar-refractivity contribution < 1.29 is 0 Å². The number of nitrogens with zero attached hydrogens (tertiary/aromatic N) is 6. The Hall–Kier alpha value is -17.8. The van der Waals surface area contributed by atoms with Gasteiger partial charge in [-0.3, -0.25) is 0 Å². The summed E-state index contributed by atoms with van der Waals surface area (Å²) in [6, 6.07) is 198. The molecule has 0 atom stereocenters. The number of benzene rings is 24. The molecule has 24 aromatic carbocycles. The smallest absolute Gasteiger partial charge is 0.0640 e. The number of fused-ring (bicyclic) bond motifs is 24. The minimum Gasteiger partial charge on any atom is -0.310 e. The Morgan fingerprint density at radius 3 is 0.767 bits per heavy atom. The van der Waals surface area contributed by atoms with Gasteiger partial charge < -0.3 is 29.4 Å². The lowest BCUT2D eigenvalue weighted by Crippen LogP contribution is -2.10. The van der Waals surface area contributed by atoms with Gasteiger partial charge in [0.1, 0.15) is 0 Å². The van der Waals surface area contributed by atoms with Gasteiger partial charge in [0.05, 0.1) is 27.4 Å². The molecule has 30 rings (SSSR count). The molecule has 0 spiro atoms. The van der Waals surface area contributed by atoms with Crippen molar-refractivity contribution in [3.05, 3.63) is 546 Å². The van der Waals surface area contributed by atoms with E-state index < -0.39 is 0 Å². The van der Waals surface area contributed by atoms with E-state index in [1.165, 1.54) is 176 Å². The molecule has 0 fully saturated rings. The van der Waals surface area contributed by atoms with Crippen LogP contribution in [0, 0.1) is 0 Å². The molecule has 12 heteroatoms. The van der Waals surface area contributed by atoms with Gasteiger partial charge in [-0.1, -0.05) is 322 Å². The zero-order valence-electron chi connectivity index (χ0n) is 81.1.